The number of carbonyl (C=O) groups excluding carboxylic acids is 3. The summed E-state index contributed by atoms with van der Waals surface area (Å²) in [6, 6.07) is 27.0. The van der Waals surface area contributed by atoms with Gasteiger partial charge in [0.25, 0.3) is 11.8 Å². The third kappa shape index (κ3) is 5.61. The molecule has 3 aromatic carbocycles. The molecule has 3 N–H and O–H groups in total. The standard InChI is InChI=1S/C31H26N4O5S2/c32-31-33-16-23(42-31)22-18-41-29-25(34-24(36)17-39-21-14-8-3-9-15-21)28(37)35(29)26(22)30(38)40-27(19-10-4-1-5-11-19)20-12-6-2-7-13-20/h1-16,25,27,29H,17-18H2,(H2,32,33)(H,34,36). The third-order valence-electron chi connectivity index (χ3n) is 6.84. The van der Waals surface area contributed by atoms with Gasteiger partial charge in [0.2, 0.25) is 0 Å². The summed E-state index contributed by atoms with van der Waals surface area (Å²) >= 11 is 2.68. The molecule has 3 heterocycles. The van der Waals surface area contributed by atoms with Gasteiger partial charge < -0.3 is 20.5 Å². The van der Waals surface area contributed by atoms with Crippen LogP contribution in [0.25, 0.3) is 5.57 Å². The van der Waals surface area contributed by atoms with E-state index >= 15 is 0 Å². The molecule has 42 heavy (non-hydrogen) atoms. The quantitative estimate of drug-likeness (QED) is 0.217. The minimum Gasteiger partial charge on any atom is -0.484 e. The van der Waals surface area contributed by atoms with Crippen LogP contribution in [0.15, 0.2) is 103 Å². The van der Waals surface area contributed by atoms with E-state index in [2.05, 4.69) is 10.3 Å². The number of nitrogen functional groups attached to an aromatic ring is 1. The van der Waals surface area contributed by atoms with Gasteiger partial charge in [-0.3, -0.25) is 14.5 Å². The first-order valence-electron chi connectivity index (χ1n) is 13.2. The van der Waals surface area contributed by atoms with Gasteiger partial charge >= 0.3 is 5.97 Å². The molecule has 2 aliphatic rings. The van der Waals surface area contributed by atoms with Crippen LogP contribution in [0.3, 0.4) is 0 Å². The maximum atomic E-state index is 14.0. The second-order valence-corrected chi connectivity index (χ2v) is 11.7. The molecule has 1 aromatic heterocycles. The van der Waals surface area contributed by atoms with Crippen LogP contribution in [0.1, 0.15) is 22.1 Å². The Morgan fingerprint density at radius 1 is 0.976 bits per heavy atom. The predicted octanol–water partition coefficient (Wildman–Crippen LogP) is 4.25. The lowest BCUT2D eigenvalue weighted by Gasteiger charge is -2.49. The van der Waals surface area contributed by atoms with Gasteiger partial charge in [-0.05, 0) is 23.3 Å². The molecule has 4 aromatic rings. The topological polar surface area (TPSA) is 124 Å². The molecule has 2 amide bonds. The first kappa shape index (κ1) is 27.6. The number of fused-ring (bicyclic) bond motifs is 1. The SMILES string of the molecule is Nc1ncc(C2=C(C(=O)OC(c3ccccc3)c3ccccc3)N3C(=O)C(NC(=O)COc4ccccc4)C3SC2)s1. The Bertz CT molecular complexity index is 1590. The van der Waals surface area contributed by atoms with Crippen LogP contribution in [0, 0.1) is 0 Å². The van der Waals surface area contributed by atoms with E-state index in [1.54, 1.807) is 30.5 Å². The van der Waals surface area contributed by atoms with Crippen molar-refractivity contribution < 1.29 is 23.9 Å². The lowest BCUT2D eigenvalue weighted by Crippen LogP contribution is -2.70. The average Bonchev–Trinajstić information content (AvgIpc) is 3.47. The Morgan fingerprint density at radius 2 is 1.60 bits per heavy atom. The van der Waals surface area contributed by atoms with Gasteiger partial charge in [-0.2, -0.15) is 0 Å². The summed E-state index contributed by atoms with van der Waals surface area (Å²) < 4.78 is 11.7. The van der Waals surface area contributed by atoms with Crippen molar-refractivity contribution in [1.82, 2.24) is 15.2 Å². The van der Waals surface area contributed by atoms with E-state index in [1.807, 2.05) is 66.7 Å². The Morgan fingerprint density at radius 3 is 2.19 bits per heavy atom. The molecule has 0 spiro atoms. The largest absolute Gasteiger partial charge is 0.484 e. The van der Waals surface area contributed by atoms with Crippen molar-refractivity contribution in [2.75, 3.05) is 18.1 Å². The smallest absolute Gasteiger partial charge is 0.356 e. The van der Waals surface area contributed by atoms with Crippen LogP contribution >= 0.6 is 23.1 Å². The Hall–Kier alpha value is -4.61. The third-order valence-corrected chi connectivity index (χ3v) is 9.01. The van der Waals surface area contributed by atoms with Crippen LogP contribution in [0.4, 0.5) is 5.13 Å². The highest BCUT2D eigenvalue weighted by Crippen LogP contribution is 2.45. The summed E-state index contributed by atoms with van der Waals surface area (Å²) in [5, 5.41) is 2.63. The number of hydrogen-bond donors (Lipinski definition) is 2. The highest BCUT2D eigenvalue weighted by molar-refractivity contribution is 8.00. The van der Waals surface area contributed by atoms with Crippen LogP contribution in [0.2, 0.25) is 0 Å². The molecule has 1 fully saturated rings. The van der Waals surface area contributed by atoms with E-state index in [0.717, 1.165) is 11.1 Å². The number of thiazole rings is 1. The minimum absolute atomic E-state index is 0.135. The molecule has 0 bridgehead atoms. The molecule has 2 atom stereocenters. The minimum atomic E-state index is -0.809. The summed E-state index contributed by atoms with van der Waals surface area (Å²) in [6.45, 7) is -0.239. The molecule has 0 saturated carbocycles. The summed E-state index contributed by atoms with van der Waals surface area (Å²) in [6.07, 6.45) is 0.898. The first-order valence-corrected chi connectivity index (χ1v) is 15.0. The van der Waals surface area contributed by atoms with E-state index in [1.165, 1.54) is 28.0 Å². The number of ether oxygens (including phenoxy) is 2. The van der Waals surface area contributed by atoms with Crippen molar-refractivity contribution in [3.8, 4) is 5.75 Å². The summed E-state index contributed by atoms with van der Waals surface area (Å²) in [5.41, 5.74) is 8.24. The average molecular weight is 599 g/mol. The molecule has 1 saturated heterocycles. The van der Waals surface area contributed by atoms with E-state index < -0.39 is 35.3 Å². The molecule has 6 rings (SSSR count). The van der Waals surface area contributed by atoms with Crippen LogP contribution in [-0.2, 0) is 19.1 Å². The number of para-hydroxylation sites is 1. The number of hydrogen-bond acceptors (Lipinski definition) is 9. The Labute approximate surface area is 250 Å². The monoisotopic (exact) mass is 598 g/mol. The molecule has 11 heteroatoms. The van der Waals surface area contributed by atoms with Gasteiger partial charge in [0.1, 0.15) is 22.9 Å². The Balaban J connectivity index is 1.26. The molecular weight excluding hydrogens is 572 g/mol. The number of nitrogens with two attached hydrogens (primary N) is 1. The number of nitrogens with zero attached hydrogens (tertiary/aromatic N) is 2. The number of thioether (sulfide) groups is 1. The second kappa shape index (κ2) is 12.1. The number of aromatic nitrogens is 1. The van der Waals surface area contributed by atoms with Crippen molar-refractivity contribution >= 4 is 51.6 Å². The summed E-state index contributed by atoms with van der Waals surface area (Å²) in [4.78, 5) is 46.4. The normalized spacial score (nSPS) is 17.8. The molecule has 2 unspecified atom stereocenters. The molecule has 212 valence electrons. The molecule has 0 radical (unpaired) electrons. The second-order valence-electron chi connectivity index (χ2n) is 9.55. The lowest BCUT2D eigenvalue weighted by atomic mass is 10.0. The lowest BCUT2D eigenvalue weighted by molar-refractivity contribution is -0.154. The first-order chi connectivity index (χ1) is 20.5. The van der Waals surface area contributed by atoms with Gasteiger partial charge in [-0.1, -0.05) is 90.2 Å². The van der Waals surface area contributed by atoms with Gasteiger partial charge in [-0.25, -0.2) is 9.78 Å². The van der Waals surface area contributed by atoms with Gasteiger partial charge in [0.05, 0.1) is 4.88 Å². The number of nitrogens with one attached hydrogen (secondary N) is 1. The van der Waals surface area contributed by atoms with Crippen LogP contribution in [0.5, 0.6) is 5.75 Å². The van der Waals surface area contributed by atoms with E-state index in [9.17, 15) is 14.4 Å². The fourth-order valence-electron chi connectivity index (χ4n) is 4.85. The number of β-lactam (4-membered cyclic amide) rings is 1. The number of carbonyl (C=O) groups is 3. The zero-order chi connectivity index (χ0) is 29.1. The van der Waals surface area contributed by atoms with Crippen LogP contribution < -0.4 is 15.8 Å². The van der Waals surface area contributed by atoms with Crippen molar-refractivity contribution in [3.63, 3.8) is 0 Å². The fraction of sp³-hybridized carbons (Fsp3) is 0.161. The fourth-order valence-corrected chi connectivity index (χ4v) is 7.04. The number of anilines is 1. The predicted molar refractivity (Wildman–Crippen MR) is 161 cm³/mol. The number of rotatable bonds is 9. The van der Waals surface area contributed by atoms with Crippen LogP contribution in [-0.4, -0.2) is 51.4 Å². The number of esters is 1. The van der Waals surface area contributed by atoms with E-state index in [-0.39, 0.29) is 12.3 Å². The van der Waals surface area contributed by atoms with E-state index in [4.69, 9.17) is 15.2 Å². The summed E-state index contributed by atoms with van der Waals surface area (Å²) in [7, 11) is 0. The van der Waals surface area contributed by atoms with Gasteiger partial charge in [0.15, 0.2) is 17.8 Å². The van der Waals surface area contributed by atoms with Gasteiger partial charge in [0, 0.05) is 17.5 Å². The number of amides is 2. The number of benzene rings is 3. The zero-order valence-corrected chi connectivity index (χ0v) is 23.8. The molecule has 9 nitrogen and oxygen atoms in total. The zero-order valence-electron chi connectivity index (χ0n) is 22.2. The highest BCUT2D eigenvalue weighted by Gasteiger charge is 2.55. The van der Waals surface area contributed by atoms with Gasteiger partial charge in [-0.15, -0.1) is 11.8 Å². The molecular formula is C31H26N4O5S2. The maximum absolute atomic E-state index is 14.0. The highest BCUT2D eigenvalue weighted by atomic mass is 32.2. The van der Waals surface area contributed by atoms with Crippen molar-refractivity contribution in [3.05, 3.63) is 119 Å². The van der Waals surface area contributed by atoms with Crippen molar-refractivity contribution in [2.45, 2.75) is 17.5 Å². The molecule has 2 aliphatic heterocycles. The Kier molecular flexibility index (Phi) is 7.93. The molecule has 0 aliphatic carbocycles. The van der Waals surface area contributed by atoms with Crippen molar-refractivity contribution in [2.24, 2.45) is 0 Å². The summed E-state index contributed by atoms with van der Waals surface area (Å²) in [5.74, 6) is -0.535. The van der Waals surface area contributed by atoms with E-state index in [0.29, 0.717) is 27.1 Å². The maximum Gasteiger partial charge on any atom is 0.356 e. The van der Waals surface area contributed by atoms with Crippen molar-refractivity contribution in [1.29, 1.82) is 0 Å².